The van der Waals surface area contributed by atoms with Crippen molar-refractivity contribution in [2.45, 2.75) is 31.6 Å². The maximum absolute atomic E-state index is 14.6. The molecule has 0 saturated heterocycles. The lowest BCUT2D eigenvalue weighted by Crippen LogP contribution is -2.35. The molecule has 0 atom stereocenters. The summed E-state index contributed by atoms with van der Waals surface area (Å²) < 4.78 is 57.3. The molecule has 10 heteroatoms. The van der Waals surface area contributed by atoms with E-state index < -0.39 is 38.4 Å². The SMILES string of the molecule is Cc1ccc2c(c1)c(-c1ccc[nH]c1=O)c(C(=O)NS(=O)(=O)C1CC1)n2Cc1cc(F)ccc1F. The monoisotopic (exact) mass is 497 g/mol. The van der Waals surface area contributed by atoms with Crippen LogP contribution in [0.2, 0.25) is 0 Å². The molecule has 1 saturated carbocycles. The Morgan fingerprint density at radius 1 is 1.14 bits per heavy atom. The minimum absolute atomic E-state index is 0.0323. The van der Waals surface area contributed by atoms with E-state index in [1.165, 1.54) is 16.8 Å². The van der Waals surface area contributed by atoms with Gasteiger partial charge in [-0.1, -0.05) is 11.6 Å². The number of aromatic nitrogens is 2. The molecule has 35 heavy (non-hydrogen) atoms. The number of halogens is 2. The fourth-order valence-corrected chi connectivity index (χ4v) is 5.51. The van der Waals surface area contributed by atoms with Gasteiger partial charge in [0.2, 0.25) is 10.0 Å². The van der Waals surface area contributed by atoms with Gasteiger partial charge in [0.15, 0.2) is 0 Å². The second-order valence-corrected chi connectivity index (χ2v) is 10.6. The highest BCUT2D eigenvalue weighted by Gasteiger charge is 2.38. The van der Waals surface area contributed by atoms with E-state index in [-0.39, 0.29) is 28.9 Å². The zero-order chi connectivity index (χ0) is 24.9. The molecule has 1 aliphatic rings. The normalized spacial score (nSPS) is 13.8. The van der Waals surface area contributed by atoms with E-state index in [1.807, 2.05) is 6.92 Å². The third-order valence-corrected chi connectivity index (χ3v) is 7.87. The van der Waals surface area contributed by atoms with Gasteiger partial charge in [-0.3, -0.25) is 9.59 Å². The first-order valence-electron chi connectivity index (χ1n) is 11.0. The van der Waals surface area contributed by atoms with Crippen LogP contribution in [0.1, 0.15) is 34.5 Å². The van der Waals surface area contributed by atoms with Crippen LogP contribution in [0.4, 0.5) is 8.78 Å². The number of nitrogens with one attached hydrogen (secondary N) is 2. The zero-order valence-corrected chi connectivity index (χ0v) is 19.5. The minimum Gasteiger partial charge on any atom is -0.331 e. The summed E-state index contributed by atoms with van der Waals surface area (Å²) >= 11 is 0. The molecular formula is C25H21F2N3O4S. The lowest BCUT2D eigenvalue weighted by Gasteiger charge is -2.14. The molecule has 1 amide bonds. The Hall–Kier alpha value is -3.79. The first-order valence-corrected chi connectivity index (χ1v) is 12.5. The molecule has 2 heterocycles. The Morgan fingerprint density at radius 2 is 1.91 bits per heavy atom. The minimum atomic E-state index is -3.93. The Kier molecular flexibility index (Phi) is 5.55. The summed E-state index contributed by atoms with van der Waals surface area (Å²) in [5.74, 6) is -2.28. The summed E-state index contributed by atoms with van der Waals surface area (Å²) in [6.45, 7) is 1.57. The summed E-state index contributed by atoms with van der Waals surface area (Å²) in [4.78, 5) is 28.9. The summed E-state index contributed by atoms with van der Waals surface area (Å²) in [7, 11) is -3.93. The first-order chi connectivity index (χ1) is 16.7. The van der Waals surface area contributed by atoms with Crippen LogP contribution in [-0.4, -0.2) is 29.1 Å². The summed E-state index contributed by atoms with van der Waals surface area (Å²) in [6, 6.07) is 11.4. The van der Waals surface area contributed by atoms with Crippen LogP contribution in [0.15, 0.2) is 59.5 Å². The highest BCUT2D eigenvalue weighted by molar-refractivity contribution is 7.91. The van der Waals surface area contributed by atoms with Crippen molar-refractivity contribution in [2.75, 3.05) is 0 Å². The number of benzene rings is 2. The molecule has 1 aliphatic carbocycles. The number of fused-ring (bicyclic) bond motifs is 1. The van der Waals surface area contributed by atoms with Gasteiger partial charge in [0.25, 0.3) is 11.5 Å². The number of carbonyl (C=O) groups excluding carboxylic acids is 1. The van der Waals surface area contributed by atoms with E-state index in [2.05, 4.69) is 9.71 Å². The van der Waals surface area contributed by atoms with E-state index in [9.17, 15) is 26.8 Å². The standard InChI is InChI=1S/C25H21F2N3O4S/c1-14-4-9-21-19(11-14)22(18-3-2-10-28-24(18)31)23(25(32)29-35(33,34)17-6-7-17)30(21)13-15-12-16(26)5-8-20(15)27/h2-5,8-12,17H,6-7,13H2,1H3,(H,28,31)(H,29,32). The summed E-state index contributed by atoms with van der Waals surface area (Å²) in [5, 5.41) is -0.150. The third kappa shape index (κ3) is 4.25. The molecule has 2 N–H and O–H groups in total. The van der Waals surface area contributed by atoms with E-state index in [4.69, 9.17) is 0 Å². The number of pyridine rings is 1. The van der Waals surface area contributed by atoms with E-state index in [0.29, 0.717) is 23.7 Å². The Morgan fingerprint density at radius 3 is 2.63 bits per heavy atom. The van der Waals surface area contributed by atoms with Gasteiger partial charge >= 0.3 is 0 Å². The van der Waals surface area contributed by atoms with Gasteiger partial charge in [-0.05, 0) is 62.2 Å². The number of carbonyl (C=O) groups is 1. The summed E-state index contributed by atoms with van der Waals surface area (Å²) in [5.41, 5.74) is 1.01. The average Bonchev–Trinajstić information content (AvgIpc) is 3.61. The smallest absolute Gasteiger partial charge is 0.282 e. The van der Waals surface area contributed by atoms with Crippen LogP contribution in [0, 0.1) is 18.6 Å². The van der Waals surface area contributed by atoms with E-state index in [1.54, 1.807) is 24.3 Å². The van der Waals surface area contributed by atoms with Crippen LogP contribution in [0.3, 0.4) is 0 Å². The molecule has 2 aromatic heterocycles. The van der Waals surface area contributed by atoms with E-state index in [0.717, 1.165) is 23.8 Å². The molecule has 1 fully saturated rings. The number of aryl methyl sites for hydroxylation is 1. The molecule has 2 aromatic carbocycles. The van der Waals surface area contributed by atoms with Gasteiger partial charge in [0.05, 0.1) is 11.8 Å². The number of amides is 1. The quantitative estimate of drug-likeness (QED) is 0.423. The molecule has 0 bridgehead atoms. The predicted molar refractivity (Wildman–Crippen MR) is 128 cm³/mol. The Labute approximate surface area is 199 Å². The Balaban J connectivity index is 1.81. The second-order valence-electron chi connectivity index (χ2n) is 8.65. The van der Waals surface area contributed by atoms with Gasteiger partial charge in [0, 0.05) is 33.8 Å². The van der Waals surface area contributed by atoms with Crippen LogP contribution < -0.4 is 10.3 Å². The van der Waals surface area contributed by atoms with Crippen molar-refractivity contribution in [3.8, 4) is 11.1 Å². The number of rotatable bonds is 6. The van der Waals surface area contributed by atoms with Gasteiger partial charge in [0.1, 0.15) is 17.3 Å². The zero-order valence-electron chi connectivity index (χ0n) is 18.6. The number of hydrogen-bond donors (Lipinski definition) is 2. The Bertz CT molecular complexity index is 1650. The molecule has 0 spiro atoms. The molecule has 5 rings (SSSR count). The first kappa shape index (κ1) is 23.0. The van der Waals surface area contributed by atoms with Gasteiger partial charge in [-0.25, -0.2) is 21.9 Å². The molecular weight excluding hydrogens is 476 g/mol. The lowest BCUT2D eigenvalue weighted by atomic mass is 10.0. The fourth-order valence-electron chi connectivity index (χ4n) is 4.23. The van der Waals surface area contributed by atoms with Crippen molar-refractivity contribution in [1.29, 1.82) is 0 Å². The van der Waals surface area contributed by atoms with Crippen molar-refractivity contribution >= 4 is 26.8 Å². The second kappa shape index (κ2) is 8.46. The van der Waals surface area contributed by atoms with Crippen LogP contribution in [0.25, 0.3) is 22.0 Å². The predicted octanol–water partition coefficient (Wildman–Crippen LogP) is 3.85. The van der Waals surface area contributed by atoms with Gasteiger partial charge < -0.3 is 9.55 Å². The maximum atomic E-state index is 14.6. The fraction of sp³-hybridized carbons (Fsp3) is 0.200. The van der Waals surface area contributed by atoms with Crippen molar-refractivity contribution in [3.63, 3.8) is 0 Å². The van der Waals surface area contributed by atoms with Crippen molar-refractivity contribution in [3.05, 3.63) is 93.5 Å². The number of sulfonamides is 1. The van der Waals surface area contributed by atoms with Gasteiger partial charge in [-0.15, -0.1) is 0 Å². The molecule has 180 valence electrons. The van der Waals surface area contributed by atoms with Crippen LogP contribution in [0.5, 0.6) is 0 Å². The van der Waals surface area contributed by atoms with Gasteiger partial charge in [-0.2, -0.15) is 0 Å². The third-order valence-electron chi connectivity index (χ3n) is 6.06. The largest absolute Gasteiger partial charge is 0.331 e. The number of H-pyrrole nitrogens is 1. The molecule has 7 nitrogen and oxygen atoms in total. The van der Waals surface area contributed by atoms with Crippen molar-refractivity contribution < 1.29 is 22.0 Å². The molecule has 0 radical (unpaired) electrons. The lowest BCUT2D eigenvalue weighted by molar-refractivity contribution is 0.0974. The summed E-state index contributed by atoms with van der Waals surface area (Å²) in [6.07, 6.45) is 2.34. The molecule has 0 aliphatic heterocycles. The average molecular weight is 498 g/mol. The highest BCUT2D eigenvalue weighted by Crippen LogP contribution is 2.36. The van der Waals surface area contributed by atoms with Crippen LogP contribution in [-0.2, 0) is 16.6 Å². The van der Waals surface area contributed by atoms with Crippen molar-refractivity contribution in [2.24, 2.45) is 0 Å². The maximum Gasteiger partial charge on any atom is 0.282 e. The highest BCUT2D eigenvalue weighted by atomic mass is 32.2. The topological polar surface area (TPSA) is 101 Å². The number of aromatic amines is 1. The van der Waals surface area contributed by atoms with Crippen molar-refractivity contribution in [1.82, 2.24) is 14.3 Å². The van der Waals surface area contributed by atoms with Crippen LogP contribution >= 0.6 is 0 Å². The number of hydrogen-bond acceptors (Lipinski definition) is 4. The molecule has 4 aromatic rings. The molecule has 0 unspecified atom stereocenters. The van der Waals surface area contributed by atoms with E-state index >= 15 is 0 Å². The number of nitrogens with zero attached hydrogens (tertiary/aromatic N) is 1.